The minimum atomic E-state index is -0.123. The molecule has 2 rings (SSSR count). The van der Waals surface area contributed by atoms with Crippen molar-refractivity contribution in [1.82, 2.24) is 15.0 Å². The van der Waals surface area contributed by atoms with Crippen molar-refractivity contribution in [2.75, 3.05) is 14.2 Å². The van der Waals surface area contributed by atoms with Crippen molar-refractivity contribution in [2.45, 2.75) is 26.4 Å². The van der Waals surface area contributed by atoms with E-state index in [-0.39, 0.29) is 6.61 Å². The lowest BCUT2D eigenvalue weighted by molar-refractivity contribution is 0.275. The predicted octanol–water partition coefficient (Wildman–Crippen LogP) is 1.73. The van der Waals surface area contributed by atoms with E-state index in [1.54, 1.807) is 18.9 Å². The molecule has 0 aliphatic rings. The van der Waals surface area contributed by atoms with Crippen LogP contribution in [-0.4, -0.2) is 34.3 Å². The second kappa shape index (κ2) is 6.38. The highest BCUT2D eigenvalue weighted by Gasteiger charge is 2.16. The van der Waals surface area contributed by atoms with Crippen LogP contribution in [0, 0.1) is 0 Å². The van der Waals surface area contributed by atoms with Gasteiger partial charge in [0.05, 0.1) is 26.5 Å². The molecule has 20 heavy (non-hydrogen) atoms. The average molecular weight is 277 g/mol. The van der Waals surface area contributed by atoms with E-state index in [4.69, 9.17) is 9.47 Å². The molecule has 6 nitrogen and oxygen atoms in total. The molecule has 0 amide bonds. The third-order valence-corrected chi connectivity index (χ3v) is 3.09. The van der Waals surface area contributed by atoms with Crippen LogP contribution >= 0.6 is 0 Å². The SMILES string of the molecule is CCCc1c(CO)nnn1-c1cc(OC)ccc1OC. The number of hydrogen-bond acceptors (Lipinski definition) is 5. The summed E-state index contributed by atoms with van der Waals surface area (Å²) in [7, 11) is 3.22. The summed E-state index contributed by atoms with van der Waals surface area (Å²) in [5, 5.41) is 17.5. The van der Waals surface area contributed by atoms with Gasteiger partial charge in [0.2, 0.25) is 0 Å². The van der Waals surface area contributed by atoms with E-state index < -0.39 is 0 Å². The molecule has 2 aromatic rings. The summed E-state index contributed by atoms with van der Waals surface area (Å²) in [6.07, 6.45) is 1.72. The van der Waals surface area contributed by atoms with Crippen LogP contribution in [0.3, 0.4) is 0 Å². The Morgan fingerprint density at radius 3 is 2.65 bits per heavy atom. The maximum absolute atomic E-state index is 9.36. The Morgan fingerprint density at radius 1 is 1.25 bits per heavy atom. The lowest BCUT2D eigenvalue weighted by Gasteiger charge is -2.12. The quantitative estimate of drug-likeness (QED) is 0.870. The topological polar surface area (TPSA) is 69.4 Å². The minimum absolute atomic E-state index is 0.123. The van der Waals surface area contributed by atoms with E-state index in [0.29, 0.717) is 17.2 Å². The number of nitrogens with zero attached hydrogens (tertiary/aromatic N) is 3. The molecule has 0 saturated carbocycles. The van der Waals surface area contributed by atoms with E-state index >= 15 is 0 Å². The zero-order valence-electron chi connectivity index (χ0n) is 12.0. The highest BCUT2D eigenvalue weighted by atomic mass is 16.5. The molecule has 0 aliphatic heterocycles. The van der Waals surface area contributed by atoms with Crippen LogP contribution in [0.25, 0.3) is 5.69 Å². The van der Waals surface area contributed by atoms with Gasteiger partial charge in [-0.1, -0.05) is 18.6 Å². The molecule has 0 fully saturated rings. The number of hydrogen-bond donors (Lipinski definition) is 1. The summed E-state index contributed by atoms with van der Waals surface area (Å²) < 4.78 is 12.3. The zero-order chi connectivity index (χ0) is 14.5. The Morgan fingerprint density at radius 2 is 2.05 bits per heavy atom. The van der Waals surface area contributed by atoms with Crippen molar-refractivity contribution in [3.8, 4) is 17.2 Å². The van der Waals surface area contributed by atoms with Crippen molar-refractivity contribution >= 4 is 0 Å². The van der Waals surface area contributed by atoms with Gasteiger partial charge in [0.15, 0.2) is 0 Å². The normalized spacial score (nSPS) is 10.6. The van der Waals surface area contributed by atoms with Gasteiger partial charge in [-0.15, -0.1) is 5.10 Å². The first-order valence-corrected chi connectivity index (χ1v) is 6.51. The number of benzene rings is 1. The van der Waals surface area contributed by atoms with Crippen LogP contribution in [-0.2, 0) is 13.0 Å². The highest BCUT2D eigenvalue weighted by molar-refractivity contribution is 5.51. The molecule has 108 valence electrons. The lowest BCUT2D eigenvalue weighted by Crippen LogP contribution is -2.06. The first-order chi connectivity index (χ1) is 9.74. The van der Waals surface area contributed by atoms with Crippen LogP contribution in [0.4, 0.5) is 0 Å². The van der Waals surface area contributed by atoms with Crippen LogP contribution in [0.5, 0.6) is 11.5 Å². The number of aliphatic hydroxyl groups is 1. The zero-order valence-corrected chi connectivity index (χ0v) is 12.0. The fourth-order valence-corrected chi connectivity index (χ4v) is 2.10. The summed E-state index contributed by atoms with van der Waals surface area (Å²) in [6, 6.07) is 5.49. The molecule has 0 saturated heterocycles. The molecule has 1 N–H and O–H groups in total. The van der Waals surface area contributed by atoms with Gasteiger partial charge in [0.1, 0.15) is 22.9 Å². The van der Waals surface area contributed by atoms with E-state index in [2.05, 4.69) is 17.2 Å². The van der Waals surface area contributed by atoms with Crippen molar-refractivity contribution in [3.05, 3.63) is 29.6 Å². The van der Waals surface area contributed by atoms with Crippen molar-refractivity contribution in [2.24, 2.45) is 0 Å². The number of ether oxygens (including phenoxy) is 2. The summed E-state index contributed by atoms with van der Waals surface area (Å²) in [5.41, 5.74) is 2.24. The van der Waals surface area contributed by atoms with Crippen LogP contribution in [0.15, 0.2) is 18.2 Å². The van der Waals surface area contributed by atoms with Crippen LogP contribution in [0.2, 0.25) is 0 Å². The smallest absolute Gasteiger partial charge is 0.144 e. The Kier molecular flexibility index (Phi) is 4.57. The molecular weight excluding hydrogens is 258 g/mol. The van der Waals surface area contributed by atoms with Crippen molar-refractivity contribution in [3.63, 3.8) is 0 Å². The molecule has 6 heteroatoms. The van der Waals surface area contributed by atoms with Gasteiger partial charge in [0.25, 0.3) is 0 Å². The van der Waals surface area contributed by atoms with Gasteiger partial charge in [-0.2, -0.15) is 0 Å². The number of rotatable bonds is 6. The largest absolute Gasteiger partial charge is 0.497 e. The molecular formula is C14H19N3O3. The second-order valence-corrected chi connectivity index (χ2v) is 4.34. The molecule has 1 aromatic heterocycles. The van der Waals surface area contributed by atoms with Crippen molar-refractivity contribution in [1.29, 1.82) is 0 Å². The predicted molar refractivity (Wildman–Crippen MR) is 74.4 cm³/mol. The molecule has 0 atom stereocenters. The Bertz CT molecular complexity index is 581. The van der Waals surface area contributed by atoms with E-state index in [9.17, 15) is 5.11 Å². The molecule has 0 radical (unpaired) electrons. The molecule has 0 bridgehead atoms. The van der Waals surface area contributed by atoms with Gasteiger partial charge in [-0.3, -0.25) is 0 Å². The fourth-order valence-electron chi connectivity index (χ4n) is 2.10. The average Bonchev–Trinajstić information content (AvgIpc) is 2.89. The first kappa shape index (κ1) is 14.3. The molecule has 0 unspecified atom stereocenters. The Balaban J connectivity index is 2.57. The third-order valence-electron chi connectivity index (χ3n) is 3.09. The minimum Gasteiger partial charge on any atom is -0.497 e. The lowest BCUT2D eigenvalue weighted by atomic mass is 10.2. The van der Waals surface area contributed by atoms with Crippen LogP contribution < -0.4 is 9.47 Å². The number of aromatic nitrogens is 3. The molecule has 1 aromatic carbocycles. The highest BCUT2D eigenvalue weighted by Crippen LogP contribution is 2.28. The summed E-state index contributed by atoms with van der Waals surface area (Å²) in [5.74, 6) is 1.39. The van der Waals surface area contributed by atoms with Gasteiger partial charge >= 0.3 is 0 Å². The van der Waals surface area contributed by atoms with Gasteiger partial charge in [0, 0.05) is 6.07 Å². The van der Waals surface area contributed by atoms with Gasteiger partial charge in [-0.25, -0.2) is 4.68 Å². The summed E-state index contributed by atoms with van der Waals surface area (Å²) >= 11 is 0. The summed E-state index contributed by atoms with van der Waals surface area (Å²) in [4.78, 5) is 0. The molecule has 0 spiro atoms. The van der Waals surface area contributed by atoms with Gasteiger partial charge < -0.3 is 14.6 Å². The monoisotopic (exact) mass is 277 g/mol. The first-order valence-electron chi connectivity index (χ1n) is 6.51. The second-order valence-electron chi connectivity index (χ2n) is 4.34. The van der Waals surface area contributed by atoms with E-state index in [0.717, 1.165) is 24.2 Å². The number of aliphatic hydroxyl groups excluding tert-OH is 1. The van der Waals surface area contributed by atoms with Crippen LogP contribution in [0.1, 0.15) is 24.7 Å². The maximum Gasteiger partial charge on any atom is 0.144 e. The van der Waals surface area contributed by atoms with Gasteiger partial charge in [-0.05, 0) is 18.6 Å². The van der Waals surface area contributed by atoms with Crippen molar-refractivity contribution < 1.29 is 14.6 Å². The summed E-state index contributed by atoms with van der Waals surface area (Å²) in [6.45, 7) is 1.95. The standard InChI is InChI=1S/C14H19N3O3/c1-4-5-12-11(9-18)15-16-17(12)13-8-10(19-2)6-7-14(13)20-3/h6-8,18H,4-5,9H2,1-3H3. The molecule has 1 heterocycles. The fraction of sp³-hybridized carbons (Fsp3) is 0.429. The third kappa shape index (κ3) is 2.60. The van der Waals surface area contributed by atoms with E-state index in [1.165, 1.54) is 0 Å². The Hall–Kier alpha value is -2.08. The Labute approximate surface area is 117 Å². The maximum atomic E-state index is 9.36. The number of methoxy groups -OCH3 is 2. The van der Waals surface area contributed by atoms with E-state index in [1.807, 2.05) is 18.2 Å². The molecule has 0 aliphatic carbocycles.